The van der Waals surface area contributed by atoms with Gasteiger partial charge in [-0.3, -0.25) is 4.90 Å². The molecular weight excluding hydrogens is 234 g/mol. The Bertz CT molecular complexity index is 340. The van der Waals surface area contributed by atoms with Crippen molar-refractivity contribution in [2.24, 2.45) is 0 Å². The first-order valence-corrected chi connectivity index (χ1v) is 7.29. The molecule has 1 aromatic heterocycles. The topological polar surface area (TPSA) is 37.4 Å². The number of thiazole rings is 1. The Balaban J connectivity index is 1.39. The average molecular weight is 253 g/mol. The fourth-order valence-corrected chi connectivity index (χ4v) is 2.88. The fraction of sp³-hybridized carbons (Fsp3) is 0.750. The molecule has 3 rings (SSSR count). The molecule has 1 saturated carbocycles. The van der Waals surface area contributed by atoms with Gasteiger partial charge in [-0.05, 0) is 12.8 Å². The summed E-state index contributed by atoms with van der Waals surface area (Å²) in [4.78, 5) is 6.84. The summed E-state index contributed by atoms with van der Waals surface area (Å²) in [6, 6.07) is 0.861. The van der Waals surface area contributed by atoms with Crippen molar-refractivity contribution in [3.63, 3.8) is 0 Å². The summed E-state index contributed by atoms with van der Waals surface area (Å²) in [6.07, 6.45) is 3.13. The number of aromatic nitrogens is 1. The van der Waals surface area contributed by atoms with Gasteiger partial charge in [0.05, 0.1) is 23.9 Å². The number of nitrogens with zero attached hydrogens (tertiary/aromatic N) is 2. The van der Waals surface area contributed by atoms with Crippen LogP contribution in [0.2, 0.25) is 0 Å². The maximum Gasteiger partial charge on any atom is 0.0826 e. The quantitative estimate of drug-likeness (QED) is 0.852. The van der Waals surface area contributed by atoms with Crippen LogP contribution in [0.5, 0.6) is 0 Å². The zero-order valence-electron chi connectivity index (χ0n) is 9.97. The molecule has 0 unspecified atom stereocenters. The Morgan fingerprint density at radius 2 is 2.47 bits per heavy atom. The molecule has 1 aromatic rings. The summed E-state index contributed by atoms with van der Waals surface area (Å²) in [5.74, 6) is 0. The summed E-state index contributed by atoms with van der Waals surface area (Å²) < 4.78 is 5.78. The van der Waals surface area contributed by atoms with Gasteiger partial charge in [0.15, 0.2) is 0 Å². The third-order valence-corrected chi connectivity index (χ3v) is 4.03. The van der Waals surface area contributed by atoms with Crippen LogP contribution in [-0.4, -0.2) is 48.3 Å². The van der Waals surface area contributed by atoms with Crippen molar-refractivity contribution < 1.29 is 4.74 Å². The molecule has 5 heteroatoms. The predicted molar refractivity (Wildman–Crippen MR) is 68.2 cm³/mol. The number of rotatable bonds is 5. The minimum absolute atomic E-state index is 0.350. The van der Waals surface area contributed by atoms with Gasteiger partial charge >= 0.3 is 0 Å². The second-order valence-electron chi connectivity index (χ2n) is 4.83. The molecule has 1 atom stereocenters. The van der Waals surface area contributed by atoms with Crippen molar-refractivity contribution in [3.8, 4) is 0 Å². The Kier molecular flexibility index (Phi) is 3.71. The minimum atomic E-state index is 0.350. The molecule has 1 N–H and O–H groups in total. The van der Waals surface area contributed by atoms with Crippen molar-refractivity contribution in [3.05, 3.63) is 16.6 Å². The van der Waals surface area contributed by atoms with E-state index in [-0.39, 0.29) is 0 Å². The number of ether oxygens (including phenoxy) is 1. The highest BCUT2D eigenvalue weighted by atomic mass is 32.1. The molecule has 1 aliphatic carbocycles. The molecule has 0 bridgehead atoms. The Labute approximate surface area is 106 Å². The third kappa shape index (κ3) is 3.25. The molecule has 1 aliphatic heterocycles. The van der Waals surface area contributed by atoms with Crippen LogP contribution in [0.4, 0.5) is 0 Å². The molecular formula is C12H19N3OS. The molecule has 0 spiro atoms. The summed E-state index contributed by atoms with van der Waals surface area (Å²) >= 11 is 1.65. The van der Waals surface area contributed by atoms with Gasteiger partial charge in [-0.1, -0.05) is 0 Å². The molecule has 94 valence electrons. The van der Waals surface area contributed by atoms with Crippen LogP contribution in [0.15, 0.2) is 10.9 Å². The minimum Gasteiger partial charge on any atom is -0.374 e. The van der Waals surface area contributed by atoms with Crippen LogP contribution in [0.25, 0.3) is 0 Å². The van der Waals surface area contributed by atoms with Crippen LogP contribution in [0, 0.1) is 0 Å². The smallest absolute Gasteiger partial charge is 0.0826 e. The van der Waals surface area contributed by atoms with Crippen LogP contribution in [-0.2, 0) is 11.3 Å². The number of hydrogen-bond acceptors (Lipinski definition) is 5. The summed E-state index contributed by atoms with van der Waals surface area (Å²) in [7, 11) is 0. The molecule has 4 nitrogen and oxygen atoms in total. The highest BCUT2D eigenvalue weighted by molar-refractivity contribution is 7.07. The van der Waals surface area contributed by atoms with Crippen LogP contribution >= 0.6 is 11.3 Å². The lowest BCUT2D eigenvalue weighted by molar-refractivity contribution is -0.0301. The molecule has 2 heterocycles. The summed E-state index contributed by atoms with van der Waals surface area (Å²) in [6.45, 7) is 4.88. The first-order valence-electron chi connectivity index (χ1n) is 6.35. The van der Waals surface area contributed by atoms with Crippen molar-refractivity contribution in [1.29, 1.82) is 0 Å². The third-order valence-electron chi connectivity index (χ3n) is 3.40. The largest absolute Gasteiger partial charge is 0.374 e. The molecule has 0 aromatic carbocycles. The van der Waals surface area contributed by atoms with Crippen molar-refractivity contribution in [1.82, 2.24) is 15.2 Å². The van der Waals surface area contributed by atoms with Gasteiger partial charge in [-0.25, -0.2) is 4.98 Å². The highest BCUT2D eigenvalue weighted by Crippen LogP contribution is 2.28. The monoisotopic (exact) mass is 253 g/mol. The lowest BCUT2D eigenvalue weighted by atomic mass is 10.2. The normalized spacial score (nSPS) is 26.2. The van der Waals surface area contributed by atoms with Gasteiger partial charge in [0, 0.05) is 37.6 Å². The fourth-order valence-electron chi connectivity index (χ4n) is 2.32. The zero-order valence-corrected chi connectivity index (χ0v) is 10.8. The molecule has 2 fully saturated rings. The second kappa shape index (κ2) is 5.44. The highest BCUT2D eigenvalue weighted by Gasteiger charge is 2.32. The molecule has 2 aliphatic rings. The maximum atomic E-state index is 5.78. The van der Waals surface area contributed by atoms with Gasteiger partial charge in [0.2, 0.25) is 0 Å². The second-order valence-corrected chi connectivity index (χ2v) is 5.55. The molecule has 0 radical (unpaired) electrons. The maximum absolute atomic E-state index is 5.78. The standard InChI is InChI=1S/C12H19N3OS/c1-2-11(1)15-3-4-16-12(7-15)6-13-5-10-8-17-9-14-10/h8-9,11-13H,1-7H2/t12-/m0/s1. The first-order chi connectivity index (χ1) is 8.42. The van der Waals surface area contributed by atoms with E-state index in [2.05, 4.69) is 20.6 Å². The number of nitrogens with one attached hydrogen (secondary N) is 1. The van der Waals surface area contributed by atoms with Gasteiger partial charge in [-0.15, -0.1) is 11.3 Å². The van der Waals surface area contributed by atoms with Gasteiger partial charge in [0.25, 0.3) is 0 Å². The van der Waals surface area contributed by atoms with Gasteiger partial charge in [0.1, 0.15) is 0 Å². The van der Waals surface area contributed by atoms with E-state index < -0.39 is 0 Å². The lowest BCUT2D eigenvalue weighted by Gasteiger charge is -2.33. The van der Waals surface area contributed by atoms with E-state index in [1.54, 1.807) is 11.3 Å². The van der Waals surface area contributed by atoms with E-state index in [9.17, 15) is 0 Å². The van der Waals surface area contributed by atoms with Crippen molar-refractivity contribution in [2.45, 2.75) is 31.5 Å². The first kappa shape index (κ1) is 11.6. The summed E-state index contributed by atoms with van der Waals surface area (Å²) in [5.41, 5.74) is 3.01. The van der Waals surface area contributed by atoms with Gasteiger partial charge < -0.3 is 10.1 Å². The Morgan fingerprint density at radius 1 is 1.53 bits per heavy atom. The average Bonchev–Trinajstić information content (AvgIpc) is 3.09. The summed E-state index contributed by atoms with van der Waals surface area (Å²) in [5, 5.41) is 5.52. The van der Waals surface area contributed by atoms with E-state index in [1.165, 1.54) is 12.8 Å². The van der Waals surface area contributed by atoms with E-state index in [1.807, 2.05) is 5.51 Å². The van der Waals surface area contributed by atoms with Crippen LogP contribution in [0.1, 0.15) is 18.5 Å². The molecule has 17 heavy (non-hydrogen) atoms. The van der Waals surface area contributed by atoms with E-state index >= 15 is 0 Å². The molecule has 0 amide bonds. The Morgan fingerprint density at radius 3 is 3.24 bits per heavy atom. The van der Waals surface area contributed by atoms with E-state index in [0.29, 0.717) is 6.10 Å². The Hall–Kier alpha value is -0.490. The van der Waals surface area contributed by atoms with Crippen molar-refractivity contribution in [2.75, 3.05) is 26.2 Å². The number of hydrogen-bond donors (Lipinski definition) is 1. The van der Waals surface area contributed by atoms with E-state index in [0.717, 1.165) is 44.5 Å². The van der Waals surface area contributed by atoms with Crippen LogP contribution in [0.3, 0.4) is 0 Å². The van der Waals surface area contributed by atoms with Crippen LogP contribution < -0.4 is 5.32 Å². The lowest BCUT2D eigenvalue weighted by Crippen LogP contribution is -2.47. The SMILES string of the molecule is c1nc(CNC[C@H]2CN(C3CC3)CCO2)cs1. The molecule has 1 saturated heterocycles. The predicted octanol–water partition coefficient (Wildman–Crippen LogP) is 1.10. The zero-order chi connectivity index (χ0) is 11.5. The number of morpholine rings is 1. The van der Waals surface area contributed by atoms with Gasteiger partial charge in [-0.2, -0.15) is 0 Å². The van der Waals surface area contributed by atoms with E-state index in [4.69, 9.17) is 4.74 Å². The van der Waals surface area contributed by atoms with Crippen molar-refractivity contribution >= 4 is 11.3 Å².